The number of rotatable bonds is 5. The molecule has 0 aromatic heterocycles. The normalized spacial score (nSPS) is 16.7. The van der Waals surface area contributed by atoms with Crippen molar-refractivity contribution in [3.8, 4) is 5.75 Å². The van der Waals surface area contributed by atoms with Crippen LogP contribution in [0.1, 0.15) is 18.4 Å². The average molecular weight is 384 g/mol. The van der Waals surface area contributed by atoms with Crippen molar-refractivity contribution in [1.82, 2.24) is 4.31 Å². The molecule has 0 aliphatic carbocycles. The lowest BCUT2D eigenvalue weighted by Gasteiger charge is -2.31. The molecule has 0 atom stereocenters. The predicted molar refractivity (Wildman–Crippen MR) is 95.7 cm³/mol. The van der Waals surface area contributed by atoms with Gasteiger partial charge in [0.05, 0.1) is 5.75 Å². The Bertz CT molecular complexity index is 801. The third-order valence-corrected chi connectivity index (χ3v) is 6.28. The summed E-state index contributed by atoms with van der Waals surface area (Å²) in [7, 11) is -3.37. The van der Waals surface area contributed by atoms with Crippen LogP contribution >= 0.6 is 11.6 Å². The lowest BCUT2D eigenvalue weighted by molar-refractivity contribution is 0.135. The van der Waals surface area contributed by atoms with Crippen molar-refractivity contribution in [2.45, 2.75) is 24.7 Å². The van der Waals surface area contributed by atoms with Gasteiger partial charge in [-0.25, -0.2) is 17.1 Å². The van der Waals surface area contributed by atoms with Crippen molar-refractivity contribution in [2.24, 2.45) is 0 Å². The van der Waals surface area contributed by atoms with Gasteiger partial charge in [-0.05, 0) is 54.8 Å². The summed E-state index contributed by atoms with van der Waals surface area (Å²) in [5.41, 5.74) is 0.717. The molecule has 0 spiro atoms. The van der Waals surface area contributed by atoms with Gasteiger partial charge < -0.3 is 4.74 Å². The van der Waals surface area contributed by atoms with Gasteiger partial charge in [0.2, 0.25) is 10.0 Å². The molecule has 2 aromatic rings. The molecule has 4 nitrogen and oxygen atoms in total. The molecule has 134 valence electrons. The third-order valence-electron chi connectivity index (χ3n) is 4.17. The first-order valence-corrected chi connectivity index (χ1v) is 10.1. The minimum absolute atomic E-state index is 0.0341. The van der Waals surface area contributed by atoms with E-state index in [0.29, 0.717) is 42.3 Å². The fourth-order valence-electron chi connectivity index (χ4n) is 2.82. The molecule has 0 amide bonds. The molecule has 1 fully saturated rings. The number of hydrogen-bond acceptors (Lipinski definition) is 3. The molecule has 1 saturated heterocycles. The van der Waals surface area contributed by atoms with Gasteiger partial charge in [-0.1, -0.05) is 23.7 Å². The fourth-order valence-corrected chi connectivity index (χ4v) is 4.51. The average Bonchev–Trinajstić information content (AvgIpc) is 2.59. The summed E-state index contributed by atoms with van der Waals surface area (Å²) in [6.45, 7) is 0.837. The Morgan fingerprint density at radius 2 is 1.64 bits per heavy atom. The molecule has 7 heteroatoms. The second-order valence-electron chi connectivity index (χ2n) is 6.05. The molecule has 25 heavy (non-hydrogen) atoms. The second kappa shape index (κ2) is 7.72. The summed E-state index contributed by atoms with van der Waals surface area (Å²) in [5.74, 6) is 0.257. The largest absolute Gasteiger partial charge is 0.490 e. The SMILES string of the molecule is O=S(=O)(Cc1ccc(Cl)cc1)N1CCC(Oc2ccc(F)cc2)CC1. The number of nitrogens with zero attached hydrogens (tertiary/aromatic N) is 1. The fraction of sp³-hybridized carbons (Fsp3) is 0.333. The van der Waals surface area contributed by atoms with Gasteiger partial charge in [0.1, 0.15) is 17.7 Å². The van der Waals surface area contributed by atoms with Crippen LogP contribution in [0, 0.1) is 5.82 Å². The number of hydrogen-bond donors (Lipinski definition) is 0. The molecule has 1 aliphatic rings. The third kappa shape index (κ3) is 4.93. The Morgan fingerprint density at radius 3 is 2.24 bits per heavy atom. The van der Waals surface area contributed by atoms with Crippen LogP contribution in [0.15, 0.2) is 48.5 Å². The molecule has 1 aliphatic heterocycles. The van der Waals surface area contributed by atoms with Gasteiger partial charge in [-0.3, -0.25) is 0 Å². The molecule has 1 heterocycles. The minimum Gasteiger partial charge on any atom is -0.490 e. The highest BCUT2D eigenvalue weighted by molar-refractivity contribution is 7.88. The lowest BCUT2D eigenvalue weighted by Crippen LogP contribution is -2.42. The molecule has 0 unspecified atom stereocenters. The molecule has 0 saturated carbocycles. The highest BCUT2D eigenvalue weighted by Gasteiger charge is 2.29. The minimum atomic E-state index is -3.37. The maximum absolute atomic E-state index is 12.9. The maximum atomic E-state index is 12.9. The highest BCUT2D eigenvalue weighted by atomic mass is 35.5. The molecular weight excluding hydrogens is 365 g/mol. The topological polar surface area (TPSA) is 46.6 Å². The van der Waals surface area contributed by atoms with Crippen LogP contribution in [-0.4, -0.2) is 31.9 Å². The van der Waals surface area contributed by atoms with E-state index in [4.69, 9.17) is 16.3 Å². The van der Waals surface area contributed by atoms with Crippen molar-refractivity contribution < 1.29 is 17.5 Å². The van der Waals surface area contributed by atoms with Crippen LogP contribution in [0.5, 0.6) is 5.75 Å². The van der Waals surface area contributed by atoms with Crippen molar-refractivity contribution in [3.05, 3.63) is 64.9 Å². The Hall–Kier alpha value is -1.63. The van der Waals surface area contributed by atoms with Gasteiger partial charge in [0.25, 0.3) is 0 Å². The molecule has 2 aromatic carbocycles. The van der Waals surface area contributed by atoms with E-state index in [0.717, 1.165) is 0 Å². The van der Waals surface area contributed by atoms with Crippen molar-refractivity contribution in [3.63, 3.8) is 0 Å². The zero-order valence-corrected chi connectivity index (χ0v) is 15.1. The van der Waals surface area contributed by atoms with E-state index in [1.54, 1.807) is 36.4 Å². The standard InChI is InChI=1S/C18H19ClFNO3S/c19-15-3-1-14(2-4-15)13-25(22,23)21-11-9-18(10-12-21)24-17-7-5-16(20)6-8-17/h1-8,18H,9-13H2. The number of piperidine rings is 1. The zero-order chi connectivity index (χ0) is 17.9. The summed E-state index contributed by atoms with van der Waals surface area (Å²) in [6.07, 6.45) is 1.15. The van der Waals surface area contributed by atoms with Gasteiger partial charge in [-0.2, -0.15) is 0 Å². The number of sulfonamides is 1. The summed E-state index contributed by atoms with van der Waals surface area (Å²) in [4.78, 5) is 0. The van der Waals surface area contributed by atoms with Crippen LogP contribution < -0.4 is 4.74 Å². The Balaban J connectivity index is 1.55. The van der Waals surface area contributed by atoms with Crippen LogP contribution in [-0.2, 0) is 15.8 Å². The smallest absolute Gasteiger partial charge is 0.218 e. The van der Waals surface area contributed by atoms with Gasteiger partial charge in [0, 0.05) is 18.1 Å². The van der Waals surface area contributed by atoms with E-state index in [9.17, 15) is 12.8 Å². The van der Waals surface area contributed by atoms with E-state index < -0.39 is 10.0 Å². The van der Waals surface area contributed by atoms with E-state index in [-0.39, 0.29) is 17.7 Å². The summed E-state index contributed by atoms with van der Waals surface area (Å²) < 4.78 is 45.3. The Labute approximate surface area is 152 Å². The quantitative estimate of drug-likeness (QED) is 0.787. The zero-order valence-electron chi connectivity index (χ0n) is 13.6. The van der Waals surface area contributed by atoms with Gasteiger partial charge in [-0.15, -0.1) is 0 Å². The first kappa shape index (κ1) is 18.2. The molecule has 0 bridgehead atoms. The summed E-state index contributed by atoms with van der Waals surface area (Å²) in [5, 5.41) is 0.583. The highest BCUT2D eigenvalue weighted by Crippen LogP contribution is 2.22. The lowest BCUT2D eigenvalue weighted by atomic mass is 10.1. The summed E-state index contributed by atoms with van der Waals surface area (Å²) >= 11 is 5.83. The van der Waals surface area contributed by atoms with Crippen LogP contribution in [0.4, 0.5) is 4.39 Å². The predicted octanol–water partition coefficient (Wildman–Crippen LogP) is 3.85. The number of benzene rings is 2. The monoisotopic (exact) mass is 383 g/mol. The molecular formula is C18H19ClFNO3S. The molecule has 0 radical (unpaired) electrons. The van der Waals surface area contributed by atoms with Crippen LogP contribution in [0.2, 0.25) is 5.02 Å². The van der Waals surface area contributed by atoms with Gasteiger partial charge in [0.15, 0.2) is 0 Å². The number of halogens is 2. The molecule has 3 rings (SSSR count). The van der Waals surface area contributed by atoms with E-state index in [1.165, 1.54) is 16.4 Å². The van der Waals surface area contributed by atoms with E-state index in [1.807, 2.05) is 0 Å². The first-order chi connectivity index (χ1) is 11.9. The van der Waals surface area contributed by atoms with Crippen molar-refractivity contribution in [1.29, 1.82) is 0 Å². The Morgan fingerprint density at radius 1 is 1.04 bits per heavy atom. The van der Waals surface area contributed by atoms with Gasteiger partial charge >= 0.3 is 0 Å². The van der Waals surface area contributed by atoms with Crippen LogP contribution in [0.3, 0.4) is 0 Å². The Kier molecular flexibility index (Phi) is 5.61. The first-order valence-electron chi connectivity index (χ1n) is 8.07. The summed E-state index contributed by atoms with van der Waals surface area (Å²) in [6, 6.07) is 12.7. The maximum Gasteiger partial charge on any atom is 0.218 e. The molecule has 0 N–H and O–H groups in total. The number of ether oxygens (including phenoxy) is 1. The van der Waals surface area contributed by atoms with Crippen LogP contribution in [0.25, 0.3) is 0 Å². The second-order valence-corrected chi connectivity index (χ2v) is 8.46. The van der Waals surface area contributed by atoms with E-state index >= 15 is 0 Å². The van der Waals surface area contributed by atoms with E-state index in [2.05, 4.69) is 0 Å². The van der Waals surface area contributed by atoms with Crippen molar-refractivity contribution >= 4 is 21.6 Å². The van der Waals surface area contributed by atoms with Crippen molar-refractivity contribution in [2.75, 3.05) is 13.1 Å².